The molecule has 1 rings (SSSR count). The van der Waals surface area contributed by atoms with Gasteiger partial charge in [0.2, 0.25) is 0 Å². The molecule has 0 fully saturated rings. The van der Waals surface area contributed by atoms with Crippen molar-refractivity contribution < 1.29 is 4.74 Å². The number of hydrogen-bond acceptors (Lipinski definition) is 3. The molecule has 5 heteroatoms. The van der Waals surface area contributed by atoms with Crippen LogP contribution >= 0.6 is 34.2 Å². The van der Waals surface area contributed by atoms with Crippen LogP contribution in [0.25, 0.3) is 0 Å². The van der Waals surface area contributed by atoms with E-state index in [1.807, 2.05) is 6.92 Å². The first-order valence-corrected chi connectivity index (χ1v) is 7.98. The van der Waals surface area contributed by atoms with Gasteiger partial charge in [0, 0.05) is 6.61 Å². The van der Waals surface area contributed by atoms with E-state index in [2.05, 4.69) is 67.2 Å². The van der Waals surface area contributed by atoms with Gasteiger partial charge in [-0.2, -0.15) is 0 Å². The lowest BCUT2D eigenvalue weighted by molar-refractivity contribution is -0.0193. The number of hydrogen-bond donors (Lipinski definition) is 0. The summed E-state index contributed by atoms with van der Waals surface area (Å²) >= 11 is 8.45. The first-order valence-electron chi connectivity index (χ1n) is 6.52. The third-order valence-corrected chi connectivity index (χ3v) is 4.41. The zero-order valence-corrected chi connectivity index (χ0v) is 15.3. The molecule has 0 bridgehead atoms. The third-order valence-electron chi connectivity index (χ3n) is 2.75. The number of rotatable bonds is 4. The molecule has 19 heavy (non-hydrogen) atoms. The van der Waals surface area contributed by atoms with Gasteiger partial charge < -0.3 is 4.74 Å². The number of aromatic nitrogens is 2. The van der Waals surface area contributed by atoms with E-state index in [0.29, 0.717) is 23.5 Å². The molecule has 0 aromatic carbocycles. The lowest BCUT2D eigenvalue weighted by Crippen LogP contribution is -2.24. The van der Waals surface area contributed by atoms with Gasteiger partial charge in [-0.05, 0) is 40.8 Å². The van der Waals surface area contributed by atoms with Crippen LogP contribution in [0.4, 0.5) is 0 Å². The van der Waals surface area contributed by atoms with E-state index in [9.17, 15) is 0 Å². The van der Waals surface area contributed by atoms with Gasteiger partial charge in [0.1, 0.15) is 11.3 Å². The van der Waals surface area contributed by atoms with E-state index in [-0.39, 0.29) is 11.5 Å². The quantitative estimate of drug-likeness (QED) is 0.532. The number of halogens is 2. The summed E-state index contributed by atoms with van der Waals surface area (Å²) in [5.41, 5.74) is 0.921. The van der Waals surface area contributed by atoms with E-state index in [0.717, 1.165) is 9.26 Å². The minimum atomic E-state index is -0.149. The molecule has 0 aliphatic heterocycles. The van der Waals surface area contributed by atoms with Gasteiger partial charge in [0.25, 0.3) is 0 Å². The summed E-state index contributed by atoms with van der Waals surface area (Å²) in [6, 6.07) is 0. The summed E-state index contributed by atoms with van der Waals surface area (Å²) in [5, 5.41) is 0.517. The third kappa shape index (κ3) is 4.26. The summed E-state index contributed by atoms with van der Waals surface area (Å²) in [7, 11) is 0. The van der Waals surface area contributed by atoms with E-state index >= 15 is 0 Å². The summed E-state index contributed by atoms with van der Waals surface area (Å²) in [6.45, 7) is 13.2. The molecule has 108 valence electrons. The highest BCUT2D eigenvalue weighted by Crippen LogP contribution is 2.36. The fourth-order valence-electron chi connectivity index (χ4n) is 1.83. The van der Waals surface area contributed by atoms with Crippen LogP contribution in [-0.4, -0.2) is 16.6 Å². The predicted octanol–water partition coefficient (Wildman–Crippen LogP) is 4.98. The second-order valence-corrected chi connectivity index (χ2v) is 7.36. The van der Waals surface area contributed by atoms with E-state index < -0.39 is 0 Å². The fraction of sp³-hybridized carbons (Fsp3) is 0.714. The molecule has 1 aromatic rings. The largest absolute Gasteiger partial charge is 0.370 e. The van der Waals surface area contributed by atoms with Crippen molar-refractivity contribution in [2.75, 3.05) is 6.61 Å². The Morgan fingerprint density at radius 1 is 1.26 bits per heavy atom. The van der Waals surface area contributed by atoms with Gasteiger partial charge >= 0.3 is 0 Å². The molecular formula is C14H22ClIN2O. The van der Waals surface area contributed by atoms with Crippen molar-refractivity contribution in [3.63, 3.8) is 0 Å². The summed E-state index contributed by atoms with van der Waals surface area (Å²) < 4.78 is 6.77. The second kappa shape index (κ2) is 6.68. The zero-order chi connectivity index (χ0) is 14.8. The number of nitrogens with zero attached hydrogens (tertiary/aromatic N) is 2. The molecule has 0 spiro atoms. The lowest BCUT2D eigenvalue weighted by Gasteiger charge is -2.29. The van der Waals surface area contributed by atoms with E-state index in [1.54, 1.807) is 0 Å². The van der Waals surface area contributed by atoms with Crippen LogP contribution in [0, 0.1) is 8.99 Å². The summed E-state index contributed by atoms with van der Waals surface area (Å²) in [6.07, 6.45) is -0.149. The maximum absolute atomic E-state index is 6.24. The van der Waals surface area contributed by atoms with Crippen molar-refractivity contribution in [1.82, 2.24) is 9.97 Å². The van der Waals surface area contributed by atoms with Gasteiger partial charge in [-0.25, -0.2) is 9.97 Å². The molecule has 0 aliphatic carbocycles. The van der Waals surface area contributed by atoms with Gasteiger partial charge in [0.15, 0.2) is 5.82 Å². The van der Waals surface area contributed by atoms with Gasteiger partial charge in [-0.3, -0.25) is 0 Å². The Balaban J connectivity index is 3.32. The maximum Gasteiger partial charge on any atom is 0.159 e. The van der Waals surface area contributed by atoms with E-state index in [4.69, 9.17) is 16.3 Å². The molecule has 1 heterocycles. The van der Waals surface area contributed by atoms with Crippen LogP contribution in [0.3, 0.4) is 0 Å². The zero-order valence-electron chi connectivity index (χ0n) is 12.4. The first-order chi connectivity index (χ1) is 8.68. The van der Waals surface area contributed by atoms with Gasteiger partial charge in [0.05, 0.1) is 9.26 Å². The van der Waals surface area contributed by atoms with Crippen molar-refractivity contribution >= 4 is 34.2 Å². The van der Waals surface area contributed by atoms with Crippen LogP contribution in [-0.2, 0) is 4.74 Å². The first kappa shape index (κ1) is 17.1. The molecule has 3 nitrogen and oxygen atoms in total. The smallest absolute Gasteiger partial charge is 0.159 e. The molecule has 1 unspecified atom stereocenters. The average molecular weight is 397 g/mol. The Kier molecular flexibility index (Phi) is 6.01. The normalized spacial score (nSPS) is 13.9. The van der Waals surface area contributed by atoms with Crippen molar-refractivity contribution in [2.45, 2.75) is 53.6 Å². The Hall–Kier alpha value is 0.0600. The highest BCUT2D eigenvalue weighted by atomic mass is 127. The molecule has 1 atom stereocenters. The molecule has 0 saturated heterocycles. The SMILES string of the molecule is CCOC(c1nc(Cl)c(I)c(C(C)C)n1)C(C)(C)C. The topological polar surface area (TPSA) is 35.0 Å². The second-order valence-electron chi connectivity index (χ2n) is 5.93. The Morgan fingerprint density at radius 2 is 1.84 bits per heavy atom. The summed E-state index contributed by atoms with van der Waals surface area (Å²) in [4.78, 5) is 9.11. The average Bonchev–Trinajstić information content (AvgIpc) is 2.27. The lowest BCUT2D eigenvalue weighted by atomic mass is 9.88. The summed E-state index contributed by atoms with van der Waals surface area (Å²) in [5.74, 6) is 0.997. The minimum absolute atomic E-state index is 0.0691. The molecule has 0 aliphatic rings. The molecule has 0 N–H and O–H groups in total. The van der Waals surface area contributed by atoms with Gasteiger partial charge in [-0.1, -0.05) is 46.2 Å². The molecular weight excluding hydrogens is 375 g/mol. The highest BCUT2D eigenvalue weighted by molar-refractivity contribution is 14.1. The van der Waals surface area contributed by atoms with Crippen LogP contribution in [0.1, 0.15) is 65.1 Å². The van der Waals surface area contributed by atoms with Crippen LogP contribution in [0.5, 0.6) is 0 Å². The van der Waals surface area contributed by atoms with Crippen LogP contribution in [0.2, 0.25) is 5.15 Å². The minimum Gasteiger partial charge on any atom is -0.370 e. The van der Waals surface area contributed by atoms with Crippen molar-refractivity contribution in [3.05, 3.63) is 20.2 Å². The number of ether oxygens (including phenoxy) is 1. The molecule has 0 saturated carbocycles. The molecule has 0 amide bonds. The predicted molar refractivity (Wildman–Crippen MR) is 87.7 cm³/mol. The monoisotopic (exact) mass is 396 g/mol. The van der Waals surface area contributed by atoms with Crippen molar-refractivity contribution in [1.29, 1.82) is 0 Å². The Labute approximate surface area is 134 Å². The molecule has 1 aromatic heterocycles. The Morgan fingerprint density at radius 3 is 2.26 bits per heavy atom. The molecule has 0 radical (unpaired) electrons. The highest BCUT2D eigenvalue weighted by Gasteiger charge is 2.30. The van der Waals surface area contributed by atoms with Crippen molar-refractivity contribution in [2.24, 2.45) is 5.41 Å². The maximum atomic E-state index is 6.24. The van der Waals surface area contributed by atoms with E-state index in [1.165, 1.54) is 0 Å². The van der Waals surface area contributed by atoms with Gasteiger partial charge in [-0.15, -0.1) is 0 Å². The fourth-order valence-corrected chi connectivity index (χ4v) is 2.88. The van der Waals surface area contributed by atoms with Crippen molar-refractivity contribution in [3.8, 4) is 0 Å². The van der Waals surface area contributed by atoms with Crippen LogP contribution in [0.15, 0.2) is 0 Å². The Bertz CT molecular complexity index is 444. The van der Waals surface area contributed by atoms with Crippen LogP contribution < -0.4 is 0 Å². The standard InChI is InChI=1S/C14H22ClIN2O/c1-7-19-11(14(4,5)6)13-17-10(8(2)3)9(16)12(15)18-13/h8,11H,7H2,1-6H3.